The molecule has 0 aliphatic rings. The van der Waals surface area contributed by atoms with Crippen molar-refractivity contribution in [1.29, 1.82) is 0 Å². The fourth-order valence-electron chi connectivity index (χ4n) is 2.61. The Bertz CT molecular complexity index is 891. The van der Waals surface area contributed by atoms with Crippen LogP contribution in [-0.2, 0) is 0 Å². The highest BCUT2D eigenvalue weighted by molar-refractivity contribution is 5.94. The number of para-hydroxylation sites is 1. The number of carboxylic acid groups (broad SMARTS) is 1. The van der Waals surface area contributed by atoms with Crippen LogP contribution in [0.3, 0.4) is 0 Å². The zero-order valence-corrected chi connectivity index (χ0v) is 12.4. The Hall–Kier alpha value is -3.21. The quantitative estimate of drug-likeness (QED) is 0.702. The van der Waals surface area contributed by atoms with Gasteiger partial charge < -0.3 is 19.5 Å². The van der Waals surface area contributed by atoms with Crippen LogP contribution in [0.4, 0.5) is 4.79 Å². The van der Waals surface area contributed by atoms with Gasteiger partial charge in [-0.1, -0.05) is 18.2 Å². The summed E-state index contributed by atoms with van der Waals surface area (Å²) in [6.07, 6.45) is 2.26. The van der Waals surface area contributed by atoms with Gasteiger partial charge in [-0.05, 0) is 49.4 Å². The van der Waals surface area contributed by atoms with E-state index < -0.39 is 6.16 Å². The van der Waals surface area contributed by atoms with Crippen molar-refractivity contribution in [2.24, 2.45) is 0 Å². The summed E-state index contributed by atoms with van der Waals surface area (Å²) < 4.78 is 6.93. The van der Waals surface area contributed by atoms with E-state index in [-0.39, 0.29) is 5.75 Å². The lowest BCUT2D eigenvalue weighted by atomic mass is 10.2. The maximum Gasteiger partial charge on any atom is 0.511 e. The Morgan fingerprint density at radius 3 is 2.48 bits per heavy atom. The van der Waals surface area contributed by atoms with Gasteiger partial charge in [0.2, 0.25) is 0 Å². The van der Waals surface area contributed by atoms with E-state index in [9.17, 15) is 9.90 Å². The molecule has 0 unspecified atom stereocenters. The summed E-state index contributed by atoms with van der Waals surface area (Å²) in [7, 11) is 0. The topological polar surface area (TPSA) is 71.7 Å². The van der Waals surface area contributed by atoms with Crippen LogP contribution >= 0.6 is 0 Å². The van der Waals surface area contributed by atoms with Gasteiger partial charge in [0.1, 0.15) is 5.75 Å². The van der Waals surface area contributed by atoms with E-state index in [1.54, 1.807) is 30.3 Å². The van der Waals surface area contributed by atoms with Crippen molar-refractivity contribution < 1.29 is 19.7 Å². The first-order chi connectivity index (χ1) is 11.1. The summed E-state index contributed by atoms with van der Waals surface area (Å²) in [5.41, 5.74) is 2.25. The molecule has 3 aromatic rings. The number of allylic oxidation sites excluding steroid dienone is 1. The minimum absolute atomic E-state index is 0.166. The first kappa shape index (κ1) is 14.7. The van der Waals surface area contributed by atoms with Crippen LogP contribution in [0.15, 0.2) is 54.6 Å². The van der Waals surface area contributed by atoms with Crippen molar-refractivity contribution in [2.75, 3.05) is 0 Å². The molecule has 0 atom stereocenters. The van der Waals surface area contributed by atoms with Crippen molar-refractivity contribution in [3.05, 3.63) is 60.3 Å². The Balaban J connectivity index is 2.37. The van der Waals surface area contributed by atoms with E-state index in [4.69, 9.17) is 9.84 Å². The summed E-state index contributed by atoms with van der Waals surface area (Å²) in [6, 6.07) is 14.1. The summed E-state index contributed by atoms with van der Waals surface area (Å²) >= 11 is 0. The molecule has 0 amide bonds. The fourth-order valence-corrected chi connectivity index (χ4v) is 2.61. The zero-order chi connectivity index (χ0) is 16.4. The molecule has 0 saturated carbocycles. The number of nitrogens with zero attached hydrogens (tertiary/aromatic N) is 1. The molecule has 0 fully saturated rings. The summed E-state index contributed by atoms with van der Waals surface area (Å²) in [5, 5.41) is 19.2. The van der Waals surface area contributed by atoms with Crippen molar-refractivity contribution in [2.45, 2.75) is 6.92 Å². The van der Waals surface area contributed by atoms with Crippen LogP contribution in [0.5, 0.6) is 11.5 Å². The molecule has 5 heteroatoms. The van der Waals surface area contributed by atoms with Crippen molar-refractivity contribution in [3.8, 4) is 17.2 Å². The number of hydrogen-bond donors (Lipinski definition) is 2. The van der Waals surface area contributed by atoms with Gasteiger partial charge in [0, 0.05) is 11.1 Å². The molecule has 0 bridgehead atoms. The standard InChI is InChI=1S/C18H15NO4/c1-2-5-16-17(23-18(21)22)14-6-3-4-7-15(14)19(16)12-8-10-13(20)11-9-12/h2-11,20H,1H3,(H,21,22)/b5-2+. The number of phenolic OH excluding ortho intramolecular Hbond substituents is 1. The third kappa shape index (κ3) is 2.64. The van der Waals surface area contributed by atoms with Gasteiger partial charge in [-0.2, -0.15) is 0 Å². The number of rotatable bonds is 3. The molecule has 23 heavy (non-hydrogen) atoms. The van der Waals surface area contributed by atoms with E-state index in [1.807, 2.05) is 41.8 Å². The number of fused-ring (bicyclic) bond motifs is 1. The lowest BCUT2D eigenvalue weighted by Crippen LogP contribution is -2.04. The Labute approximate surface area is 132 Å². The van der Waals surface area contributed by atoms with Gasteiger partial charge in [0.05, 0.1) is 11.2 Å². The maximum absolute atomic E-state index is 11.1. The second-order valence-corrected chi connectivity index (χ2v) is 4.95. The number of phenols is 1. The van der Waals surface area contributed by atoms with E-state index in [1.165, 1.54) is 0 Å². The fraction of sp³-hybridized carbons (Fsp3) is 0.0556. The third-order valence-electron chi connectivity index (χ3n) is 3.48. The van der Waals surface area contributed by atoms with Crippen LogP contribution in [0, 0.1) is 0 Å². The molecule has 2 N–H and O–H groups in total. The first-order valence-corrected chi connectivity index (χ1v) is 7.08. The minimum atomic E-state index is -1.36. The van der Waals surface area contributed by atoms with E-state index in [0.717, 1.165) is 11.2 Å². The van der Waals surface area contributed by atoms with E-state index in [2.05, 4.69) is 0 Å². The molecule has 0 saturated heterocycles. The highest BCUT2D eigenvalue weighted by Gasteiger charge is 2.19. The van der Waals surface area contributed by atoms with Crippen LogP contribution in [0.25, 0.3) is 22.7 Å². The molecule has 1 heterocycles. The van der Waals surface area contributed by atoms with Crippen LogP contribution in [0.2, 0.25) is 0 Å². The molecule has 116 valence electrons. The number of aromatic hydroxyl groups is 1. The molecule has 0 aliphatic carbocycles. The lowest BCUT2D eigenvalue weighted by molar-refractivity contribution is 0.145. The van der Waals surface area contributed by atoms with Gasteiger partial charge in [-0.25, -0.2) is 4.79 Å². The second-order valence-electron chi connectivity index (χ2n) is 4.95. The highest BCUT2D eigenvalue weighted by atomic mass is 16.7. The number of hydrogen-bond acceptors (Lipinski definition) is 3. The van der Waals surface area contributed by atoms with Crippen LogP contribution < -0.4 is 4.74 Å². The van der Waals surface area contributed by atoms with Crippen molar-refractivity contribution in [3.63, 3.8) is 0 Å². The second kappa shape index (κ2) is 5.88. The lowest BCUT2D eigenvalue weighted by Gasteiger charge is -2.09. The predicted octanol–water partition coefficient (Wildman–Crippen LogP) is 4.43. The monoisotopic (exact) mass is 309 g/mol. The van der Waals surface area contributed by atoms with E-state index >= 15 is 0 Å². The predicted molar refractivity (Wildman–Crippen MR) is 88.3 cm³/mol. The average molecular weight is 309 g/mol. The van der Waals surface area contributed by atoms with Crippen molar-refractivity contribution >= 4 is 23.1 Å². The van der Waals surface area contributed by atoms with Gasteiger partial charge in [0.15, 0.2) is 5.75 Å². The summed E-state index contributed by atoms with van der Waals surface area (Å²) in [6.45, 7) is 1.85. The maximum atomic E-state index is 11.1. The number of ether oxygens (including phenoxy) is 1. The summed E-state index contributed by atoms with van der Waals surface area (Å²) in [5.74, 6) is 0.457. The number of aromatic nitrogens is 1. The summed E-state index contributed by atoms with van der Waals surface area (Å²) in [4.78, 5) is 11.1. The van der Waals surface area contributed by atoms with E-state index in [0.29, 0.717) is 16.8 Å². The molecule has 3 rings (SSSR count). The Morgan fingerprint density at radius 1 is 1.13 bits per heavy atom. The molecule has 0 aliphatic heterocycles. The largest absolute Gasteiger partial charge is 0.511 e. The number of benzene rings is 2. The van der Waals surface area contributed by atoms with Gasteiger partial charge in [-0.15, -0.1) is 0 Å². The molecule has 5 nitrogen and oxygen atoms in total. The zero-order valence-electron chi connectivity index (χ0n) is 12.4. The van der Waals surface area contributed by atoms with Crippen LogP contribution in [-0.4, -0.2) is 20.9 Å². The average Bonchev–Trinajstić information content (AvgIpc) is 2.82. The van der Waals surface area contributed by atoms with Crippen LogP contribution in [0.1, 0.15) is 12.6 Å². The Morgan fingerprint density at radius 2 is 1.83 bits per heavy atom. The minimum Gasteiger partial charge on any atom is -0.508 e. The molecule has 0 radical (unpaired) electrons. The normalized spacial score (nSPS) is 11.2. The van der Waals surface area contributed by atoms with Crippen molar-refractivity contribution in [1.82, 2.24) is 4.57 Å². The smallest absolute Gasteiger partial charge is 0.508 e. The van der Waals surface area contributed by atoms with Gasteiger partial charge in [-0.3, -0.25) is 0 Å². The van der Waals surface area contributed by atoms with Gasteiger partial charge >= 0.3 is 6.16 Å². The third-order valence-corrected chi connectivity index (χ3v) is 3.48. The van der Waals surface area contributed by atoms with Gasteiger partial charge in [0.25, 0.3) is 0 Å². The molecular weight excluding hydrogens is 294 g/mol. The SMILES string of the molecule is C/C=C/c1c(OC(=O)O)c2ccccc2n1-c1ccc(O)cc1. The molecule has 1 aromatic heterocycles. The molecule has 2 aromatic carbocycles. The molecule has 0 spiro atoms. The highest BCUT2D eigenvalue weighted by Crippen LogP contribution is 2.37. The Kier molecular flexibility index (Phi) is 3.76. The number of carbonyl (C=O) groups is 1. The molecular formula is C18H15NO4. The first-order valence-electron chi connectivity index (χ1n) is 7.08.